The number of nitrogens with one attached hydrogen (secondary N) is 2. The maximum atomic E-state index is 12.1. The van der Waals surface area contributed by atoms with Crippen LogP contribution in [0.4, 0.5) is 11.9 Å². The van der Waals surface area contributed by atoms with Crippen LogP contribution in [0.2, 0.25) is 5.02 Å². The van der Waals surface area contributed by atoms with Crippen LogP contribution in [0.15, 0.2) is 59.5 Å². The fourth-order valence-corrected chi connectivity index (χ4v) is 3.19. The number of aryl methyl sites for hydroxylation is 1. The molecule has 2 N–H and O–H groups in total. The highest BCUT2D eigenvalue weighted by molar-refractivity contribution is 6.31. The van der Waals surface area contributed by atoms with Gasteiger partial charge in [-0.05, 0) is 24.6 Å². The van der Waals surface area contributed by atoms with Gasteiger partial charge in [0.25, 0.3) is 5.56 Å². The molecule has 28 heavy (non-hydrogen) atoms. The number of hydrogen-bond donors (Lipinski definition) is 2. The Balaban J connectivity index is 1.79. The summed E-state index contributed by atoms with van der Waals surface area (Å²) in [5, 5.41) is 4.48. The van der Waals surface area contributed by atoms with Crippen molar-refractivity contribution in [3.63, 3.8) is 0 Å². The number of aromatic amines is 1. The third-order valence-electron chi connectivity index (χ3n) is 4.33. The molecule has 0 saturated carbocycles. The highest BCUT2D eigenvalue weighted by Gasteiger charge is 2.12. The summed E-state index contributed by atoms with van der Waals surface area (Å²) in [7, 11) is 0. The molecule has 0 fully saturated rings. The average Bonchev–Trinajstić information content (AvgIpc) is 2.70. The zero-order valence-corrected chi connectivity index (χ0v) is 16.0. The van der Waals surface area contributed by atoms with E-state index in [4.69, 9.17) is 11.6 Å². The van der Waals surface area contributed by atoms with Crippen LogP contribution in [0.1, 0.15) is 18.9 Å². The zero-order chi connectivity index (χ0) is 19.5. The summed E-state index contributed by atoms with van der Waals surface area (Å²) in [5.74, 6) is 0.650. The van der Waals surface area contributed by atoms with Crippen LogP contribution in [-0.2, 0) is 6.42 Å². The number of H-pyrrole nitrogens is 1. The lowest BCUT2D eigenvalue weighted by molar-refractivity contribution is 0.886. The van der Waals surface area contributed by atoms with Gasteiger partial charge in [-0.15, -0.1) is 0 Å². The molecule has 2 heterocycles. The summed E-state index contributed by atoms with van der Waals surface area (Å²) in [6, 6.07) is 15.3. The van der Waals surface area contributed by atoms with Gasteiger partial charge in [0.1, 0.15) is 0 Å². The molecule has 4 rings (SSSR count). The van der Waals surface area contributed by atoms with E-state index in [2.05, 4.69) is 25.3 Å². The number of rotatable bonds is 5. The summed E-state index contributed by atoms with van der Waals surface area (Å²) < 4.78 is 0. The molecule has 0 bridgehead atoms. The van der Waals surface area contributed by atoms with Crippen molar-refractivity contribution >= 4 is 34.4 Å². The monoisotopic (exact) mass is 391 g/mol. The van der Waals surface area contributed by atoms with E-state index >= 15 is 0 Å². The van der Waals surface area contributed by atoms with E-state index in [0.29, 0.717) is 28.9 Å². The number of aromatic nitrogens is 4. The third kappa shape index (κ3) is 3.73. The first-order valence-corrected chi connectivity index (χ1v) is 9.40. The van der Waals surface area contributed by atoms with Gasteiger partial charge in [0.15, 0.2) is 0 Å². The average molecular weight is 392 g/mol. The minimum absolute atomic E-state index is 0.251. The van der Waals surface area contributed by atoms with Crippen molar-refractivity contribution in [3.05, 3.63) is 75.7 Å². The summed E-state index contributed by atoms with van der Waals surface area (Å²) in [6.45, 7) is 2.02. The predicted molar refractivity (Wildman–Crippen MR) is 112 cm³/mol. The van der Waals surface area contributed by atoms with Gasteiger partial charge in [0.05, 0.1) is 11.2 Å². The fraction of sp³-hybridized carbons (Fsp3) is 0.143. The zero-order valence-electron chi connectivity index (χ0n) is 15.2. The van der Waals surface area contributed by atoms with Crippen LogP contribution < -0.4 is 10.9 Å². The van der Waals surface area contributed by atoms with Crippen molar-refractivity contribution in [1.29, 1.82) is 0 Å². The minimum Gasteiger partial charge on any atom is -0.332 e. The summed E-state index contributed by atoms with van der Waals surface area (Å²) in [6.07, 6.45) is 3.25. The number of fused-ring (bicyclic) bond motifs is 1. The van der Waals surface area contributed by atoms with Crippen molar-refractivity contribution < 1.29 is 0 Å². The molecule has 140 valence electrons. The van der Waals surface area contributed by atoms with E-state index < -0.39 is 0 Å². The molecule has 4 aromatic rings. The van der Waals surface area contributed by atoms with E-state index in [1.807, 2.05) is 49.4 Å². The Hall–Kier alpha value is -3.25. The lowest BCUT2D eigenvalue weighted by Crippen LogP contribution is -2.16. The topological polar surface area (TPSA) is 83.6 Å². The van der Waals surface area contributed by atoms with Crippen molar-refractivity contribution in [3.8, 4) is 11.3 Å². The van der Waals surface area contributed by atoms with E-state index in [1.165, 1.54) is 0 Å². The van der Waals surface area contributed by atoms with Gasteiger partial charge in [-0.2, -0.15) is 4.98 Å². The molecule has 2 aromatic heterocycles. The molecule has 0 amide bonds. The molecule has 0 saturated heterocycles. The van der Waals surface area contributed by atoms with Gasteiger partial charge >= 0.3 is 0 Å². The molecule has 0 radical (unpaired) electrons. The SMILES string of the molecule is CCCc1c[nH]c(Nc2nc(-c3ccccc3)c3cc(Cl)ccc3n2)nc1=O. The quantitative estimate of drug-likeness (QED) is 0.513. The molecule has 6 nitrogen and oxygen atoms in total. The Labute approximate surface area is 166 Å². The summed E-state index contributed by atoms with van der Waals surface area (Å²) >= 11 is 6.18. The molecular weight excluding hydrogens is 374 g/mol. The van der Waals surface area contributed by atoms with E-state index in [-0.39, 0.29) is 5.56 Å². The van der Waals surface area contributed by atoms with Crippen LogP contribution in [0.5, 0.6) is 0 Å². The standard InChI is InChI=1S/C21H18ClN5O/c1-2-6-14-12-23-20(26-19(14)28)27-21-24-17-10-9-15(22)11-16(17)18(25-21)13-7-4-3-5-8-13/h3-5,7-12H,2,6H2,1H3,(H2,23,24,25,26,27,28). The first kappa shape index (κ1) is 18.1. The number of nitrogens with zero attached hydrogens (tertiary/aromatic N) is 3. The van der Waals surface area contributed by atoms with Crippen LogP contribution >= 0.6 is 11.6 Å². The van der Waals surface area contributed by atoms with Gasteiger partial charge in [-0.25, -0.2) is 9.97 Å². The molecule has 0 aliphatic heterocycles. The second-order valence-electron chi connectivity index (χ2n) is 6.38. The van der Waals surface area contributed by atoms with Crippen LogP contribution in [0.25, 0.3) is 22.2 Å². The van der Waals surface area contributed by atoms with Crippen molar-refractivity contribution in [2.45, 2.75) is 19.8 Å². The molecule has 2 aromatic carbocycles. The maximum Gasteiger partial charge on any atom is 0.277 e. The van der Waals surface area contributed by atoms with Crippen LogP contribution in [-0.4, -0.2) is 19.9 Å². The molecule has 0 unspecified atom stereocenters. The van der Waals surface area contributed by atoms with E-state index in [1.54, 1.807) is 12.3 Å². The smallest absolute Gasteiger partial charge is 0.277 e. The third-order valence-corrected chi connectivity index (χ3v) is 4.56. The number of anilines is 2. The van der Waals surface area contributed by atoms with Crippen LogP contribution in [0, 0.1) is 0 Å². The van der Waals surface area contributed by atoms with E-state index in [0.717, 1.165) is 28.6 Å². The number of halogens is 1. The Morgan fingerprint density at radius 2 is 1.89 bits per heavy atom. The highest BCUT2D eigenvalue weighted by Crippen LogP contribution is 2.29. The molecule has 0 atom stereocenters. The van der Waals surface area contributed by atoms with Gasteiger partial charge < -0.3 is 4.98 Å². The maximum absolute atomic E-state index is 12.1. The molecule has 0 aliphatic carbocycles. The van der Waals surface area contributed by atoms with Crippen molar-refractivity contribution in [2.75, 3.05) is 5.32 Å². The fourth-order valence-electron chi connectivity index (χ4n) is 3.01. The lowest BCUT2D eigenvalue weighted by atomic mass is 10.1. The predicted octanol–water partition coefficient (Wildman–Crippen LogP) is 4.73. The second-order valence-corrected chi connectivity index (χ2v) is 6.81. The van der Waals surface area contributed by atoms with Gasteiger partial charge in [0, 0.05) is 27.7 Å². The summed E-state index contributed by atoms with van der Waals surface area (Å²) in [5.41, 5.74) is 2.84. The lowest BCUT2D eigenvalue weighted by Gasteiger charge is -2.10. The van der Waals surface area contributed by atoms with Gasteiger partial charge in [0.2, 0.25) is 11.9 Å². The number of benzene rings is 2. The highest BCUT2D eigenvalue weighted by atomic mass is 35.5. The Bertz CT molecular complexity index is 1190. The Morgan fingerprint density at radius 1 is 1.07 bits per heavy atom. The Morgan fingerprint density at radius 3 is 2.64 bits per heavy atom. The molecule has 0 aliphatic rings. The van der Waals surface area contributed by atoms with Gasteiger partial charge in [-0.3, -0.25) is 10.1 Å². The summed E-state index contributed by atoms with van der Waals surface area (Å²) in [4.78, 5) is 28.4. The van der Waals surface area contributed by atoms with Crippen molar-refractivity contribution in [2.24, 2.45) is 0 Å². The second kappa shape index (κ2) is 7.78. The molecule has 7 heteroatoms. The first-order valence-electron chi connectivity index (χ1n) is 9.02. The van der Waals surface area contributed by atoms with Gasteiger partial charge in [-0.1, -0.05) is 55.3 Å². The Kier molecular flexibility index (Phi) is 5.04. The largest absolute Gasteiger partial charge is 0.332 e. The minimum atomic E-state index is -0.251. The molecule has 0 spiro atoms. The number of hydrogen-bond acceptors (Lipinski definition) is 5. The van der Waals surface area contributed by atoms with E-state index in [9.17, 15) is 4.79 Å². The first-order chi connectivity index (χ1) is 13.6. The molecular formula is C21H18ClN5O. The van der Waals surface area contributed by atoms with Crippen LogP contribution in [0.3, 0.4) is 0 Å². The van der Waals surface area contributed by atoms with Crippen molar-refractivity contribution in [1.82, 2.24) is 19.9 Å². The normalized spacial score (nSPS) is 10.9.